The van der Waals surface area contributed by atoms with Crippen molar-refractivity contribution >= 4 is 23.3 Å². The summed E-state index contributed by atoms with van der Waals surface area (Å²) in [6.45, 7) is 0.448. The number of methoxy groups -OCH3 is 1. The van der Waals surface area contributed by atoms with Gasteiger partial charge in [-0.15, -0.1) is 12.4 Å². The minimum atomic E-state index is 0. The van der Waals surface area contributed by atoms with Crippen molar-refractivity contribution in [2.24, 2.45) is 5.73 Å². The van der Waals surface area contributed by atoms with E-state index < -0.39 is 0 Å². The van der Waals surface area contributed by atoms with Crippen LogP contribution in [0.1, 0.15) is 5.56 Å². The highest BCUT2D eigenvalue weighted by molar-refractivity contribution is 5.88. The lowest BCUT2D eigenvalue weighted by molar-refractivity contribution is 0.398. The lowest BCUT2D eigenvalue weighted by atomic mass is 10.2. The van der Waals surface area contributed by atoms with Gasteiger partial charge in [-0.3, -0.25) is 0 Å². The number of pyridine rings is 2. The van der Waals surface area contributed by atoms with Gasteiger partial charge in [0.05, 0.1) is 24.5 Å². The first-order valence-electron chi connectivity index (χ1n) is 8.22. The van der Waals surface area contributed by atoms with E-state index in [1.165, 1.54) is 0 Å². The Bertz CT molecular complexity index is 1050. The van der Waals surface area contributed by atoms with Gasteiger partial charge in [-0.2, -0.15) is 0 Å². The van der Waals surface area contributed by atoms with Crippen molar-refractivity contribution in [3.63, 3.8) is 0 Å². The molecule has 4 rings (SSSR count). The molecule has 0 amide bonds. The van der Waals surface area contributed by atoms with Gasteiger partial charge >= 0.3 is 0 Å². The van der Waals surface area contributed by atoms with E-state index in [1.807, 2.05) is 54.7 Å². The Hall–Kier alpha value is -3.09. The zero-order valence-corrected chi connectivity index (χ0v) is 15.5. The number of aromatic nitrogens is 3. The molecular formula is C20H19ClN4O2. The van der Waals surface area contributed by atoms with Crippen molar-refractivity contribution in [1.82, 2.24) is 14.5 Å². The van der Waals surface area contributed by atoms with Crippen LogP contribution >= 0.6 is 12.4 Å². The Morgan fingerprint density at radius 1 is 1.04 bits per heavy atom. The first-order chi connectivity index (χ1) is 12.8. The van der Waals surface area contributed by atoms with E-state index in [0.29, 0.717) is 18.3 Å². The number of benzene rings is 1. The molecule has 7 heteroatoms. The topological polar surface area (TPSA) is 75.2 Å². The van der Waals surface area contributed by atoms with Crippen molar-refractivity contribution in [3.8, 4) is 23.2 Å². The third kappa shape index (κ3) is 3.72. The Morgan fingerprint density at radius 2 is 1.93 bits per heavy atom. The highest BCUT2D eigenvalue weighted by atomic mass is 35.5. The molecule has 3 aromatic heterocycles. The zero-order chi connectivity index (χ0) is 17.9. The minimum absolute atomic E-state index is 0. The van der Waals surface area contributed by atoms with Crippen molar-refractivity contribution in [1.29, 1.82) is 0 Å². The lowest BCUT2D eigenvalue weighted by Gasteiger charge is -2.09. The Labute approximate surface area is 163 Å². The molecule has 1 aromatic carbocycles. The Kier molecular flexibility index (Phi) is 5.59. The fourth-order valence-corrected chi connectivity index (χ4v) is 2.84. The third-order valence-corrected chi connectivity index (χ3v) is 4.15. The van der Waals surface area contributed by atoms with Crippen LogP contribution in [0.3, 0.4) is 0 Å². The van der Waals surface area contributed by atoms with Crippen molar-refractivity contribution in [2.75, 3.05) is 7.11 Å². The van der Waals surface area contributed by atoms with Gasteiger partial charge in [0.15, 0.2) is 0 Å². The average molecular weight is 383 g/mol. The van der Waals surface area contributed by atoms with E-state index in [1.54, 1.807) is 19.5 Å². The van der Waals surface area contributed by atoms with Crippen LogP contribution in [-0.4, -0.2) is 21.6 Å². The molecule has 0 spiro atoms. The minimum Gasteiger partial charge on any atom is -0.481 e. The van der Waals surface area contributed by atoms with E-state index in [4.69, 9.17) is 15.2 Å². The SMILES string of the molecule is COc1ccc(-n2ccc3c(Oc4cc(CN)ccn4)cccc32)cn1.Cl. The number of rotatable bonds is 5. The number of ether oxygens (including phenoxy) is 2. The second-order valence-corrected chi connectivity index (χ2v) is 5.74. The van der Waals surface area contributed by atoms with Crippen LogP contribution < -0.4 is 15.2 Å². The molecule has 138 valence electrons. The van der Waals surface area contributed by atoms with Crippen LogP contribution in [0.4, 0.5) is 0 Å². The maximum absolute atomic E-state index is 6.00. The normalized spacial score (nSPS) is 10.4. The largest absolute Gasteiger partial charge is 0.481 e. The molecule has 0 radical (unpaired) electrons. The van der Waals surface area contributed by atoms with E-state index in [2.05, 4.69) is 14.5 Å². The van der Waals surface area contributed by atoms with E-state index in [0.717, 1.165) is 27.9 Å². The molecule has 0 unspecified atom stereocenters. The second kappa shape index (κ2) is 8.07. The van der Waals surface area contributed by atoms with E-state index in [-0.39, 0.29) is 12.4 Å². The summed E-state index contributed by atoms with van der Waals surface area (Å²) in [7, 11) is 1.60. The first-order valence-corrected chi connectivity index (χ1v) is 8.22. The summed E-state index contributed by atoms with van der Waals surface area (Å²) in [5.74, 6) is 1.85. The summed E-state index contributed by atoms with van der Waals surface area (Å²) >= 11 is 0. The summed E-state index contributed by atoms with van der Waals surface area (Å²) in [5.41, 5.74) is 8.63. The number of nitrogens with zero attached hydrogens (tertiary/aromatic N) is 3. The van der Waals surface area contributed by atoms with Crippen molar-refractivity contribution in [2.45, 2.75) is 6.54 Å². The number of fused-ring (bicyclic) bond motifs is 1. The van der Waals surface area contributed by atoms with Gasteiger partial charge in [0.2, 0.25) is 11.8 Å². The van der Waals surface area contributed by atoms with Crippen LogP contribution in [0.2, 0.25) is 0 Å². The summed E-state index contributed by atoms with van der Waals surface area (Å²) in [6.07, 6.45) is 5.47. The number of halogens is 1. The molecule has 6 nitrogen and oxygen atoms in total. The molecular weight excluding hydrogens is 364 g/mol. The monoisotopic (exact) mass is 382 g/mol. The van der Waals surface area contributed by atoms with Gasteiger partial charge in [-0.25, -0.2) is 9.97 Å². The fourth-order valence-electron chi connectivity index (χ4n) is 2.84. The van der Waals surface area contributed by atoms with Gasteiger partial charge in [-0.1, -0.05) is 6.07 Å². The van der Waals surface area contributed by atoms with Crippen LogP contribution in [0.25, 0.3) is 16.6 Å². The molecule has 0 saturated carbocycles. The quantitative estimate of drug-likeness (QED) is 0.562. The lowest BCUT2D eigenvalue weighted by Crippen LogP contribution is -1.97. The highest BCUT2D eigenvalue weighted by Crippen LogP contribution is 2.31. The van der Waals surface area contributed by atoms with Gasteiger partial charge < -0.3 is 19.8 Å². The molecule has 0 saturated heterocycles. The van der Waals surface area contributed by atoms with Gasteiger partial charge in [-0.05, 0) is 35.9 Å². The third-order valence-electron chi connectivity index (χ3n) is 4.15. The van der Waals surface area contributed by atoms with Crippen LogP contribution in [0, 0.1) is 0 Å². The molecule has 2 N–H and O–H groups in total. The first kappa shape index (κ1) is 18.7. The Balaban J connectivity index is 0.00000210. The number of nitrogens with two attached hydrogens (primary N) is 1. The second-order valence-electron chi connectivity index (χ2n) is 5.74. The smallest absolute Gasteiger partial charge is 0.219 e. The molecule has 0 aliphatic carbocycles. The standard InChI is InChI=1S/C20H18N4O2.ClH/c1-25-19-6-5-15(13-23-19)24-10-8-16-17(24)3-2-4-18(16)26-20-11-14(12-21)7-9-22-20;/h2-11,13H,12,21H2,1H3;1H. The van der Waals surface area contributed by atoms with Crippen LogP contribution in [-0.2, 0) is 6.54 Å². The maximum Gasteiger partial charge on any atom is 0.219 e. The van der Waals surface area contributed by atoms with E-state index >= 15 is 0 Å². The predicted octanol–water partition coefficient (Wildman–Crippen LogP) is 4.10. The molecule has 3 heterocycles. The summed E-state index contributed by atoms with van der Waals surface area (Å²) in [6, 6.07) is 15.5. The van der Waals surface area contributed by atoms with Crippen molar-refractivity contribution < 1.29 is 9.47 Å². The predicted molar refractivity (Wildman–Crippen MR) is 107 cm³/mol. The van der Waals surface area contributed by atoms with Crippen LogP contribution in [0.15, 0.2) is 67.1 Å². The average Bonchev–Trinajstić information content (AvgIpc) is 3.13. The van der Waals surface area contributed by atoms with Gasteiger partial charge in [0.1, 0.15) is 5.75 Å². The zero-order valence-electron chi connectivity index (χ0n) is 14.7. The summed E-state index contributed by atoms with van der Waals surface area (Å²) in [4.78, 5) is 8.54. The molecule has 0 aliphatic rings. The molecule has 0 fully saturated rings. The molecule has 0 aliphatic heterocycles. The molecule has 0 atom stereocenters. The maximum atomic E-state index is 6.00. The Morgan fingerprint density at radius 3 is 2.67 bits per heavy atom. The van der Waals surface area contributed by atoms with E-state index in [9.17, 15) is 0 Å². The molecule has 4 aromatic rings. The van der Waals surface area contributed by atoms with Gasteiger partial charge in [0, 0.05) is 36.5 Å². The fraction of sp³-hybridized carbons (Fsp3) is 0.100. The molecule has 27 heavy (non-hydrogen) atoms. The number of hydrogen-bond acceptors (Lipinski definition) is 5. The summed E-state index contributed by atoms with van der Waals surface area (Å²) in [5, 5.41) is 0.989. The highest BCUT2D eigenvalue weighted by Gasteiger charge is 2.10. The number of hydrogen-bond donors (Lipinski definition) is 1. The van der Waals surface area contributed by atoms with Crippen LogP contribution in [0.5, 0.6) is 17.5 Å². The van der Waals surface area contributed by atoms with Gasteiger partial charge in [0.25, 0.3) is 0 Å². The summed E-state index contributed by atoms with van der Waals surface area (Å²) < 4.78 is 13.2. The van der Waals surface area contributed by atoms with Crippen molar-refractivity contribution in [3.05, 3.63) is 72.7 Å². The molecule has 0 bridgehead atoms.